The van der Waals surface area contributed by atoms with E-state index in [0.717, 1.165) is 17.9 Å². The second-order valence-corrected chi connectivity index (χ2v) is 6.87. The van der Waals surface area contributed by atoms with E-state index in [2.05, 4.69) is 13.0 Å². The highest BCUT2D eigenvalue weighted by Crippen LogP contribution is 2.30. The number of ether oxygens (including phenoxy) is 1. The number of nitrogens with zero attached hydrogens (tertiary/aromatic N) is 1. The van der Waals surface area contributed by atoms with Crippen LogP contribution in [0.4, 0.5) is 5.69 Å². The van der Waals surface area contributed by atoms with Crippen molar-refractivity contribution in [3.05, 3.63) is 46.7 Å². The van der Waals surface area contributed by atoms with Crippen molar-refractivity contribution < 1.29 is 14.3 Å². The first-order valence-electron chi connectivity index (χ1n) is 8.29. The molecule has 2 heterocycles. The normalized spacial score (nSPS) is 16.8. The second-order valence-electron chi connectivity index (χ2n) is 5.89. The van der Waals surface area contributed by atoms with Gasteiger partial charge in [0.2, 0.25) is 5.91 Å². The quantitative estimate of drug-likeness (QED) is 0.758. The molecule has 4 nitrogen and oxygen atoms in total. The summed E-state index contributed by atoms with van der Waals surface area (Å²) in [4.78, 5) is 26.7. The summed E-state index contributed by atoms with van der Waals surface area (Å²) in [5.74, 6) is 0.648. The Morgan fingerprint density at radius 1 is 1.25 bits per heavy atom. The van der Waals surface area contributed by atoms with Gasteiger partial charge in [0, 0.05) is 29.6 Å². The van der Waals surface area contributed by atoms with Crippen LogP contribution >= 0.6 is 11.3 Å². The van der Waals surface area contributed by atoms with Gasteiger partial charge in [-0.05, 0) is 36.4 Å². The molecular formula is C19H21NO3S. The molecule has 0 spiro atoms. The molecule has 2 aromatic rings. The molecule has 3 rings (SSSR count). The van der Waals surface area contributed by atoms with Gasteiger partial charge in [0.05, 0.1) is 6.42 Å². The predicted octanol–water partition coefficient (Wildman–Crippen LogP) is 4.36. The topological polar surface area (TPSA) is 46.6 Å². The summed E-state index contributed by atoms with van der Waals surface area (Å²) in [5.41, 5.74) is 0.799. The van der Waals surface area contributed by atoms with Crippen LogP contribution in [0, 0.1) is 0 Å². The lowest BCUT2D eigenvalue weighted by Crippen LogP contribution is -2.30. The molecule has 0 bridgehead atoms. The average Bonchev–Trinajstić information content (AvgIpc) is 3.05. The number of anilines is 1. The first kappa shape index (κ1) is 16.7. The first-order chi connectivity index (χ1) is 11.7. The lowest BCUT2D eigenvalue weighted by atomic mass is 10.2. The molecule has 24 heavy (non-hydrogen) atoms. The fourth-order valence-electron chi connectivity index (χ4n) is 2.89. The van der Waals surface area contributed by atoms with Gasteiger partial charge in [0.1, 0.15) is 17.6 Å². The van der Waals surface area contributed by atoms with E-state index in [0.29, 0.717) is 19.4 Å². The van der Waals surface area contributed by atoms with Crippen molar-refractivity contribution in [1.29, 1.82) is 0 Å². The van der Waals surface area contributed by atoms with Gasteiger partial charge in [-0.2, -0.15) is 0 Å². The number of hydrogen-bond donors (Lipinski definition) is 0. The van der Waals surface area contributed by atoms with Crippen molar-refractivity contribution in [2.24, 2.45) is 0 Å². The van der Waals surface area contributed by atoms with Gasteiger partial charge in [0.25, 0.3) is 0 Å². The van der Waals surface area contributed by atoms with Gasteiger partial charge in [-0.1, -0.05) is 19.1 Å². The molecule has 1 aromatic carbocycles. The zero-order valence-corrected chi connectivity index (χ0v) is 14.6. The summed E-state index contributed by atoms with van der Waals surface area (Å²) in [6.07, 6.45) is 2.08. The van der Waals surface area contributed by atoms with Crippen molar-refractivity contribution >= 4 is 28.7 Å². The monoisotopic (exact) mass is 343 g/mol. The summed E-state index contributed by atoms with van der Waals surface area (Å²) in [7, 11) is 0. The molecule has 0 aliphatic carbocycles. The molecular weight excluding hydrogens is 322 g/mol. The molecule has 5 heteroatoms. The van der Waals surface area contributed by atoms with Crippen LogP contribution in [0.3, 0.4) is 0 Å². The van der Waals surface area contributed by atoms with E-state index in [1.165, 1.54) is 4.88 Å². The highest BCUT2D eigenvalue weighted by atomic mass is 32.1. The summed E-state index contributed by atoms with van der Waals surface area (Å²) in [6, 6.07) is 11.7. The first-order valence-corrected chi connectivity index (χ1v) is 9.17. The van der Waals surface area contributed by atoms with Crippen LogP contribution in [-0.4, -0.2) is 18.2 Å². The summed E-state index contributed by atoms with van der Waals surface area (Å²) in [5, 5.41) is 2.05. The molecule has 0 unspecified atom stereocenters. The van der Waals surface area contributed by atoms with E-state index >= 15 is 0 Å². The van der Waals surface area contributed by atoms with Crippen molar-refractivity contribution in [3.63, 3.8) is 0 Å². The van der Waals surface area contributed by atoms with Gasteiger partial charge in [-0.3, -0.25) is 9.59 Å². The lowest BCUT2D eigenvalue weighted by molar-refractivity contribution is -0.125. The minimum Gasteiger partial charge on any atom is -0.485 e. The SMILES string of the molecule is CC[C@H](Oc1cccc(N2CCCC(=O)CC2=O)c1)c1cccs1. The van der Waals surface area contributed by atoms with E-state index in [1.54, 1.807) is 16.2 Å². The van der Waals surface area contributed by atoms with Crippen LogP contribution < -0.4 is 9.64 Å². The molecule has 1 amide bonds. The Hall–Kier alpha value is -2.14. The third-order valence-electron chi connectivity index (χ3n) is 4.13. The number of benzene rings is 1. The summed E-state index contributed by atoms with van der Waals surface area (Å²) >= 11 is 1.68. The molecule has 126 valence electrons. The maximum Gasteiger partial charge on any atom is 0.234 e. The van der Waals surface area contributed by atoms with Gasteiger partial charge in [0.15, 0.2) is 0 Å². The Morgan fingerprint density at radius 2 is 2.12 bits per heavy atom. The highest BCUT2D eigenvalue weighted by Gasteiger charge is 2.23. The Balaban J connectivity index is 1.78. The number of carbonyl (C=O) groups excluding carboxylic acids is 2. The predicted molar refractivity (Wildman–Crippen MR) is 95.6 cm³/mol. The zero-order valence-electron chi connectivity index (χ0n) is 13.7. The van der Waals surface area contributed by atoms with E-state index in [9.17, 15) is 9.59 Å². The third kappa shape index (κ3) is 3.85. The zero-order chi connectivity index (χ0) is 16.9. The molecule has 0 N–H and O–H groups in total. The fourth-order valence-corrected chi connectivity index (χ4v) is 3.73. The third-order valence-corrected chi connectivity index (χ3v) is 5.09. The van der Waals surface area contributed by atoms with Gasteiger partial charge in [-0.25, -0.2) is 0 Å². The molecule has 0 saturated carbocycles. The number of rotatable bonds is 5. The molecule has 1 aliphatic rings. The van der Waals surface area contributed by atoms with Crippen LogP contribution in [0.5, 0.6) is 5.75 Å². The van der Waals surface area contributed by atoms with Crippen LogP contribution in [-0.2, 0) is 9.59 Å². The molecule has 1 aromatic heterocycles. The van der Waals surface area contributed by atoms with E-state index in [-0.39, 0.29) is 24.2 Å². The molecule has 1 atom stereocenters. The molecule has 0 radical (unpaired) electrons. The van der Waals surface area contributed by atoms with E-state index < -0.39 is 0 Å². The van der Waals surface area contributed by atoms with Crippen molar-refractivity contribution in [1.82, 2.24) is 0 Å². The minimum atomic E-state index is -0.125. The maximum atomic E-state index is 12.3. The van der Waals surface area contributed by atoms with E-state index in [4.69, 9.17) is 4.74 Å². The summed E-state index contributed by atoms with van der Waals surface area (Å²) in [6.45, 7) is 2.67. The average molecular weight is 343 g/mol. The Morgan fingerprint density at radius 3 is 2.88 bits per heavy atom. The van der Waals surface area contributed by atoms with Crippen LogP contribution in [0.2, 0.25) is 0 Å². The van der Waals surface area contributed by atoms with Crippen LogP contribution in [0.25, 0.3) is 0 Å². The number of amides is 1. The Kier molecular flexibility index (Phi) is 5.30. The van der Waals surface area contributed by atoms with Crippen LogP contribution in [0.15, 0.2) is 41.8 Å². The number of carbonyl (C=O) groups is 2. The maximum absolute atomic E-state index is 12.3. The van der Waals surface area contributed by atoms with Gasteiger partial charge >= 0.3 is 0 Å². The number of hydrogen-bond acceptors (Lipinski definition) is 4. The number of thiophene rings is 1. The van der Waals surface area contributed by atoms with Crippen molar-refractivity contribution in [2.75, 3.05) is 11.4 Å². The van der Waals surface area contributed by atoms with Crippen molar-refractivity contribution in [3.8, 4) is 5.75 Å². The molecule has 1 saturated heterocycles. The molecule has 1 aliphatic heterocycles. The highest BCUT2D eigenvalue weighted by molar-refractivity contribution is 7.10. The Bertz CT molecular complexity index is 711. The van der Waals surface area contributed by atoms with E-state index in [1.807, 2.05) is 35.7 Å². The second kappa shape index (κ2) is 7.62. The van der Waals surface area contributed by atoms with Crippen molar-refractivity contribution in [2.45, 2.75) is 38.7 Å². The van der Waals surface area contributed by atoms with Gasteiger partial charge in [-0.15, -0.1) is 11.3 Å². The number of ketones is 1. The lowest BCUT2D eigenvalue weighted by Gasteiger charge is -2.22. The molecule has 1 fully saturated rings. The number of Topliss-reactive ketones (excluding diaryl/α,β-unsaturated/α-hetero) is 1. The standard InChI is InChI=1S/C19H21NO3S/c1-2-17(18-9-5-11-24-18)23-16-8-3-6-14(12-16)20-10-4-7-15(21)13-19(20)22/h3,5-6,8-9,11-12,17H,2,4,7,10,13H2,1H3/t17-/m0/s1. The largest absolute Gasteiger partial charge is 0.485 e. The minimum absolute atomic E-state index is 0.00212. The van der Waals surface area contributed by atoms with Crippen LogP contribution in [0.1, 0.15) is 43.6 Å². The van der Waals surface area contributed by atoms with Gasteiger partial charge < -0.3 is 9.64 Å². The summed E-state index contributed by atoms with van der Waals surface area (Å²) < 4.78 is 6.13. The Labute approximate surface area is 146 Å². The fraction of sp³-hybridized carbons (Fsp3) is 0.368. The smallest absolute Gasteiger partial charge is 0.234 e.